The van der Waals surface area contributed by atoms with Gasteiger partial charge in [-0.2, -0.15) is 10.1 Å². The van der Waals surface area contributed by atoms with Crippen molar-refractivity contribution >= 4 is 11.4 Å². The molecule has 7 nitrogen and oxygen atoms in total. The molecule has 1 amide bonds. The SMILES string of the molecule is Cc1ccc2c(C(=O)N3CCC(c4nc(C(C)C)no4)CC3)cnn2c1. The van der Waals surface area contributed by atoms with Crippen LogP contribution in [0, 0.1) is 6.92 Å². The number of fused-ring (bicyclic) bond motifs is 1. The third-order valence-corrected chi connectivity index (χ3v) is 5.00. The number of pyridine rings is 1. The molecule has 0 unspecified atom stereocenters. The lowest BCUT2D eigenvalue weighted by molar-refractivity contribution is 0.0706. The maximum Gasteiger partial charge on any atom is 0.257 e. The van der Waals surface area contributed by atoms with E-state index in [9.17, 15) is 4.79 Å². The average Bonchev–Trinajstić information content (AvgIpc) is 3.28. The largest absolute Gasteiger partial charge is 0.339 e. The normalized spacial score (nSPS) is 15.9. The first kappa shape index (κ1) is 16.8. The maximum absolute atomic E-state index is 12.9. The fourth-order valence-electron chi connectivity index (χ4n) is 3.40. The summed E-state index contributed by atoms with van der Waals surface area (Å²) in [5, 5.41) is 8.36. The van der Waals surface area contributed by atoms with E-state index < -0.39 is 0 Å². The van der Waals surface area contributed by atoms with Crippen molar-refractivity contribution in [2.75, 3.05) is 13.1 Å². The molecule has 0 radical (unpaired) electrons. The van der Waals surface area contributed by atoms with Gasteiger partial charge >= 0.3 is 0 Å². The van der Waals surface area contributed by atoms with E-state index in [1.807, 2.05) is 44.0 Å². The zero-order chi connectivity index (χ0) is 18.3. The second-order valence-electron chi connectivity index (χ2n) is 7.31. The number of aromatic nitrogens is 4. The van der Waals surface area contributed by atoms with Gasteiger partial charge in [-0.3, -0.25) is 4.79 Å². The topological polar surface area (TPSA) is 76.5 Å². The molecule has 1 aliphatic rings. The van der Waals surface area contributed by atoms with Crippen LogP contribution in [-0.4, -0.2) is 43.7 Å². The Morgan fingerprint density at radius 1 is 1.27 bits per heavy atom. The molecule has 1 fully saturated rings. The highest BCUT2D eigenvalue weighted by molar-refractivity contribution is 6.00. The van der Waals surface area contributed by atoms with Crippen molar-refractivity contribution in [3.8, 4) is 0 Å². The van der Waals surface area contributed by atoms with E-state index in [0.29, 0.717) is 24.5 Å². The van der Waals surface area contributed by atoms with Crippen molar-refractivity contribution in [1.29, 1.82) is 0 Å². The van der Waals surface area contributed by atoms with Crippen LogP contribution in [0.5, 0.6) is 0 Å². The molecule has 3 aromatic heterocycles. The number of carbonyl (C=O) groups is 1. The Kier molecular flexibility index (Phi) is 4.22. The van der Waals surface area contributed by atoms with E-state index in [0.717, 1.165) is 29.7 Å². The van der Waals surface area contributed by atoms with Gasteiger partial charge in [0, 0.05) is 31.1 Å². The first-order valence-electron chi connectivity index (χ1n) is 9.09. The predicted molar refractivity (Wildman–Crippen MR) is 96.2 cm³/mol. The molecular weight excluding hydrogens is 330 g/mol. The van der Waals surface area contributed by atoms with Gasteiger partial charge in [0.1, 0.15) is 0 Å². The smallest absolute Gasteiger partial charge is 0.257 e. The Labute approximate surface area is 152 Å². The van der Waals surface area contributed by atoms with Crippen molar-refractivity contribution < 1.29 is 9.32 Å². The number of hydrogen-bond donors (Lipinski definition) is 0. The molecule has 0 atom stereocenters. The second-order valence-corrected chi connectivity index (χ2v) is 7.31. The molecule has 1 aliphatic heterocycles. The molecule has 136 valence electrons. The maximum atomic E-state index is 12.9. The lowest BCUT2D eigenvalue weighted by atomic mass is 9.96. The Balaban J connectivity index is 1.46. The van der Waals surface area contributed by atoms with Crippen molar-refractivity contribution in [2.45, 2.75) is 45.4 Å². The van der Waals surface area contributed by atoms with E-state index in [4.69, 9.17) is 4.52 Å². The summed E-state index contributed by atoms with van der Waals surface area (Å²) in [5.74, 6) is 1.97. The van der Waals surface area contributed by atoms with Gasteiger partial charge in [-0.05, 0) is 31.4 Å². The summed E-state index contributed by atoms with van der Waals surface area (Å²) < 4.78 is 7.19. The van der Waals surface area contributed by atoms with Crippen LogP contribution < -0.4 is 0 Å². The highest BCUT2D eigenvalue weighted by Crippen LogP contribution is 2.28. The lowest BCUT2D eigenvalue weighted by Gasteiger charge is -2.30. The molecule has 0 aromatic carbocycles. The minimum Gasteiger partial charge on any atom is -0.339 e. The number of rotatable bonds is 3. The van der Waals surface area contributed by atoms with Crippen LogP contribution in [0.3, 0.4) is 0 Å². The fourth-order valence-corrected chi connectivity index (χ4v) is 3.40. The van der Waals surface area contributed by atoms with Crippen molar-refractivity contribution in [2.24, 2.45) is 0 Å². The van der Waals surface area contributed by atoms with Crippen molar-refractivity contribution in [3.63, 3.8) is 0 Å². The minimum atomic E-state index is 0.0377. The van der Waals surface area contributed by atoms with E-state index in [1.165, 1.54) is 0 Å². The summed E-state index contributed by atoms with van der Waals surface area (Å²) in [6.07, 6.45) is 5.27. The van der Waals surface area contributed by atoms with Gasteiger partial charge in [-0.25, -0.2) is 4.52 Å². The number of hydrogen-bond acceptors (Lipinski definition) is 5. The number of aryl methyl sites for hydroxylation is 1. The van der Waals surface area contributed by atoms with Crippen LogP contribution in [0.4, 0.5) is 0 Å². The summed E-state index contributed by atoms with van der Waals surface area (Å²) in [6.45, 7) is 7.48. The second kappa shape index (κ2) is 6.55. The van der Waals surface area contributed by atoms with E-state index in [2.05, 4.69) is 15.2 Å². The number of nitrogens with zero attached hydrogens (tertiary/aromatic N) is 5. The van der Waals surface area contributed by atoms with Crippen LogP contribution in [0.15, 0.2) is 29.0 Å². The molecule has 0 bridgehead atoms. The molecular formula is C19H23N5O2. The Hall–Kier alpha value is -2.70. The molecule has 26 heavy (non-hydrogen) atoms. The molecule has 0 saturated carbocycles. The van der Waals surface area contributed by atoms with Gasteiger partial charge in [0.15, 0.2) is 5.82 Å². The molecule has 4 rings (SSSR count). The number of carbonyl (C=O) groups excluding carboxylic acids is 1. The monoisotopic (exact) mass is 353 g/mol. The zero-order valence-corrected chi connectivity index (χ0v) is 15.3. The van der Waals surface area contributed by atoms with Crippen LogP contribution in [0.1, 0.15) is 66.2 Å². The van der Waals surface area contributed by atoms with Gasteiger partial charge in [0.2, 0.25) is 5.89 Å². The van der Waals surface area contributed by atoms with Crippen LogP contribution in [-0.2, 0) is 0 Å². The average molecular weight is 353 g/mol. The van der Waals surface area contributed by atoms with E-state index >= 15 is 0 Å². The van der Waals surface area contributed by atoms with E-state index in [-0.39, 0.29) is 17.7 Å². The minimum absolute atomic E-state index is 0.0377. The van der Waals surface area contributed by atoms with E-state index in [1.54, 1.807) is 10.7 Å². The van der Waals surface area contributed by atoms with Crippen LogP contribution in [0.2, 0.25) is 0 Å². The lowest BCUT2D eigenvalue weighted by Crippen LogP contribution is -2.38. The first-order valence-corrected chi connectivity index (χ1v) is 9.09. The summed E-state index contributed by atoms with van der Waals surface area (Å²) in [6, 6.07) is 3.95. The van der Waals surface area contributed by atoms with Gasteiger partial charge in [-0.1, -0.05) is 25.1 Å². The van der Waals surface area contributed by atoms with Crippen LogP contribution in [0.25, 0.3) is 5.52 Å². The molecule has 0 aliphatic carbocycles. The van der Waals surface area contributed by atoms with Crippen molar-refractivity contribution in [3.05, 3.63) is 47.4 Å². The van der Waals surface area contributed by atoms with Gasteiger partial charge in [0.25, 0.3) is 5.91 Å². The van der Waals surface area contributed by atoms with Gasteiger partial charge in [-0.15, -0.1) is 0 Å². The zero-order valence-electron chi connectivity index (χ0n) is 15.3. The number of amides is 1. The fraction of sp³-hybridized carbons (Fsp3) is 0.474. The molecule has 4 heterocycles. The highest BCUT2D eigenvalue weighted by atomic mass is 16.5. The predicted octanol–water partition coefficient (Wildman–Crippen LogP) is 3.17. The Bertz CT molecular complexity index is 934. The molecule has 1 saturated heterocycles. The number of piperidine rings is 1. The van der Waals surface area contributed by atoms with Crippen LogP contribution >= 0.6 is 0 Å². The molecule has 3 aromatic rings. The Morgan fingerprint density at radius 2 is 2.04 bits per heavy atom. The summed E-state index contributed by atoms with van der Waals surface area (Å²) in [7, 11) is 0. The molecule has 7 heteroatoms. The van der Waals surface area contributed by atoms with Crippen molar-refractivity contribution in [1.82, 2.24) is 24.7 Å². The molecule has 0 spiro atoms. The first-order chi connectivity index (χ1) is 12.5. The van der Waals surface area contributed by atoms with Gasteiger partial charge < -0.3 is 9.42 Å². The standard InChI is InChI=1S/C19H23N5O2/c1-12(2)17-21-18(26-22-17)14-6-8-23(9-7-14)19(25)15-10-20-24-11-13(3)4-5-16(15)24/h4-5,10-12,14H,6-9H2,1-3H3. The number of likely N-dealkylation sites (tertiary alicyclic amines) is 1. The quantitative estimate of drug-likeness (QED) is 0.723. The Morgan fingerprint density at radius 3 is 2.73 bits per heavy atom. The summed E-state index contributed by atoms with van der Waals surface area (Å²) in [5.41, 5.74) is 2.62. The third kappa shape index (κ3) is 2.98. The van der Waals surface area contributed by atoms with Gasteiger partial charge in [0.05, 0.1) is 17.3 Å². The highest BCUT2D eigenvalue weighted by Gasteiger charge is 2.29. The summed E-state index contributed by atoms with van der Waals surface area (Å²) >= 11 is 0. The molecule has 0 N–H and O–H groups in total. The third-order valence-electron chi connectivity index (χ3n) is 5.00. The summed E-state index contributed by atoms with van der Waals surface area (Å²) in [4.78, 5) is 19.3.